The van der Waals surface area contributed by atoms with Gasteiger partial charge in [-0.1, -0.05) is 0 Å². The Morgan fingerprint density at radius 2 is 2.54 bits per heavy atom. The van der Waals surface area contributed by atoms with Crippen molar-refractivity contribution in [3.05, 3.63) is 17.5 Å². The van der Waals surface area contributed by atoms with Gasteiger partial charge in [-0.25, -0.2) is 0 Å². The van der Waals surface area contributed by atoms with Crippen molar-refractivity contribution >= 4 is 0 Å². The van der Waals surface area contributed by atoms with Crippen molar-refractivity contribution in [2.24, 2.45) is 11.7 Å². The molecule has 2 heterocycles. The fourth-order valence-corrected chi connectivity index (χ4v) is 2.12. The summed E-state index contributed by atoms with van der Waals surface area (Å²) in [7, 11) is 0. The van der Waals surface area contributed by atoms with Crippen molar-refractivity contribution in [1.82, 2.24) is 9.78 Å². The van der Waals surface area contributed by atoms with Crippen LogP contribution < -0.4 is 5.73 Å². The van der Waals surface area contributed by atoms with E-state index in [-0.39, 0.29) is 0 Å². The van der Waals surface area contributed by atoms with E-state index in [1.54, 1.807) is 0 Å². The lowest BCUT2D eigenvalue weighted by atomic mass is 9.95. The molecule has 0 saturated carbocycles. The van der Waals surface area contributed by atoms with E-state index in [1.807, 2.05) is 0 Å². The summed E-state index contributed by atoms with van der Waals surface area (Å²) in [6.07, 6.45) is 3.59. The monoisotopic (exact) mass is 179 g/mol. The largest absolute Gasteiger partial charge is 0.330 e. The molecule has 0 radical (unpaired) electrons. The van der Waals surface area contributed by atoms with Crippen molar-refractivity contribution in [3.8, 4) is 0 Å². The summed E-state index contributed by atoms with van der Waals surface area (Å²) < 4.78 is 2.15. The Bertz CT molecular complexity index is 290. The van der Waals surface area contributed by atoms with Gasteiger partial charge in [0.1, 0.15) is 0 Å². The molecule has 0 aromatic carbocycles. The number of rotatable bonds is 2. The normalized spacial score (nSPS) is 21.5. The third-order valence-electron chi connectivity index (χ3n) is 2.80. The van der Waals surface area contributed by atoms with Crippen LogP contribution in [0.15, 0.2) is 6.07 Å². The molecule has 2 N–H and O–H groups in total. The molecule has 2 rings (SSSR count). The summed E-state index contributed by atoms with van der Waals surface area (Å²) >= 11 is 0. The second-order valence-electron chi connectivity index (χ2n) is 3.94. The molecule has 1 aromatic rings. The van der Waals surface area contributed by atoms with Crippen molar-refractivity contribution in [2.45, 2.75) is 32.7 Å². The molecule has 3 nitrogen and oxygen atoms in total. The molecular weight excluding hydrogens is 162 g/mol. The van der Waals surface area contributed by atoms with Crippen LogP contribution >= 0.6 is 0 Å². The summed E-state index contributed by atoms with van der Waals surface area (Å²) in [4.78, 5) is 0. The van der Waals surface area contributed by atoms with E-state index in [0.717, 1.165) is 31.1 Å². The quantitative estimate of drug-likeness (QED) is 0.739. The zero-order chi connectivity index (χ0) is 9.26. The van der Waals surface area contributed by atoms with E-state index in [0.29, 0.717) is 0 Å². The lowest BCUT2D eigenvalue weighted by Gasteiger charge is -2.22. The van der Waals surface area contributed by atoms with Gasteiger partial charge >= 0.3 is 0 Å². The van der Waals surface area contributed by atoms with Gasteiger partial charge in [-0.3, -0.25) is 4.68 Å². The van der Waals surface area contributed by atoms with Crippen molar-refractivity contribution in [2.75, 3.05) is 6.54 Å². The Balaban J connectivity index is 2.10. The van der Waals surface area contributed by atoms with E-state index in [1.165, 1.54) is 18.5 Å². The molecule has 0 amide bonds. The molecule has 72 valence electrons. The third kappa shape index (κ3) is 1.75. The van der Waals surface area contributed by atoms with Gasteiger partial charge in [0.2, 0.25) is 0 Å². The van der Waals surface area contributed by atoms with Crippen molar-refractivity contribution in [3.63, 3.8) is 0 Å². The van der Waals surface area contributed by atoms with Gasteiger partial charge in [0.25, 0.3) is 0 Å². The Morgan fingerprint density at radius 1 is 1.69 bits per heavy atom. The maximum atomic E-state index is 5.55. The Kier molecular flexibility index (Phi) is 2.36. The molecule has 0 aliphatic carbocycles. The van der Waals surface area contributed by atoms with Crippen LogP contribution in [0.4, 0.5) is 0 Å². The zero-order valence-corrected chi connectivity index (χ0v) is 8.16. The van der Waals surface area contributed by atoms with Gasteiger partial charge in [0, 0.05) is 12.2 Å². The predicted molar refractivity (Wildman–Crippen MR) is 52.4 cm³/mol. The number of nitrogens with two attached hydrogens (primary N) is 1. The van der Waals surface area contributed by atoms with Crippen LogP contribution in [0.5, 0.6) is 0 Å². The van der Waals surface area contributed by atoms with Crippen molar-refractivity contribution in [1.29, 1.82) is 0 Å². The Hall–Kier alpha value is -0.830. The number of fused-ring (bicyclic) bond motifs is 1. The first-order valence-electron chi connectivity index (χ1n) is 5.03. The summed E-state index contributed by atoms with van der Waals surface area (Å²) in [5.41, 5.74) is 8.09. The number of nitrogens with zero attached hydrogens (tertiary/aromatic N) is 2. The van der Waals surface area contributed by atoms with Crippen molar-refractivity contribution < 1.29 is 0 Å². The average Bonchev–Trinajstić information content (AvgIpc) is 2.44. The highest BCUT2D eigenvalue weighted by Crippen LogP contribution is 2.21. The van der Waals surface area contributed by atoms with Crippen LogP contribution in [0, 0.1) is 12.8 Å². The van der Waals surface area contributed by atoms with E-state index >= 15 is 0 Å². The van der Waals surface area contributed by atoms with Crippen LogP contribution in [0.25, 0.3) is 0 Å². The lowest BCUT2D eigenvalue weighted by molar-refractivity contribution is 0.331. The van der Waals surface area contributed by atoms with Gasteiger partial charge in [0.05, 0.1) is 5.69 Å². The first-order valence-corrected chi connectivity index (χ1v) is 5.03. The minimum atomic E-state index is 0.747. The van der Waals surface area contributed by atoms with Crippen LogP contribution in [0.2, 0.25) is 0 Å². The summed E-state index contributed by atoms with van der Waals surface area (Å²) in [5, 5.41) is 4.46. The number of hydrogen-bond acceptors (Lipinski definition) is 2. The standard InChI is InChI=1S/C10H17N3/c1-8-6-10-3-2-9(4-5-11)7-13(10)12-8/h6,9H,2-5,7,11H2,1H3. The minimum absolute atomic E-state index is 0.747. The Labute approximate surface area is 78.9 Å². The lowest BCUT2D eigenvalue weighted by Crippen LogP contribution is -2.22. The minimum Gasteiger partial charge on any atom is -0.330 e. The Morgan fingerprint density at radius 3 is 3.31 bits per heavy atom. The molecule has 0 bridgehead atoms. The third-order valence-corrected chi connectivity index (χ3v) is 2.80. The highest BCUT2D eigenvalue weighted by atomic mass is 15.3. The van der Waals surface area contributed by atoms with E-state index in [2.05, 4.69) is 22.8 Å². The van der Waals surface area contributed by atoms with Crippen LogP contribution in [0.1, 0.15) is 24.2 Å². The summed E-state index contributed by atoms with van der Waals surface area (Å²) in [5.74, 6) is 0.747. The molecule has 0 saturated heterocycles. The molecule has 1 aromatic heterocycles. The van der Waals surface area contributed by atoms with Crippen LogP contribution in [-0.4, -0.2) is 16.3 Å². The van der Waals surface area contributed by atoms with Crippen LogP contribution in [0.3, 0.4) is 0 Å². The number of aromatic nitrogens is 2. The topological polar surface area (TPSA) is 43.8 Å². The van der Waals surface area contributed by atoms with Gasteiger partial charge in [0.15, 0.2) is 0 Å². The van der Waals surface area contributed by atoms with Gasteiger partial charge in [-0.2, -0.15) is 5.10 Å². The molecule has 1 atom stereocenters. The van der Waals surface area contributed by atoms with E-state index in [4.69, 9.17) is 5.73 Å². The highest BCUT2D eigenvalue weighted by molar-refractivity contribution is 5.10. The number of hydrogen-bond donors (Lipinski definition) is 1. The predicted octanol–water partition coefficient (Wildman–Crippen LogP) is 1.10. The fraction of sp³-hybridized carbons (Fsp3) is 0.700. The summed E-state index contributed by atoms with van der Waals surface area (Å²) in [6.45, 7) is 3.93. The van der Waals surface area contributed by atoms with E-state index < -0.39 is 0 Å². The van der Waals surface area contributed by atoms with Gasteiger partial charge in [-0.15, -0.1) is 0 Å². The van der Waals surface area contributed by atoms with E-state index in [9.17, 15) is 0 Å². The first-order chi connectivity index (χ1) is 6.29. The molecule has 1 aliphatic heterocycles. The average molecular weight is 179 g/mol. The maximum absolute atomic E-state index is 5.55. The number of aryl methyl sites for hydroxylation is 2. The molecule has 13 heavy (non-hydrogen) atoms. The summed E-state index contributed by atoms with van der Waals surface area (Å²) in [6, 6.07) is 2.19. The van der Waals surface area contributed by atoms with Crippen LogP contribution in [-0.2, 0) is 13.0 Å². The second-order valence-corrected chi connectivity index (χ2v) is 3.94. The smallest absolute Gasteiger partial charge is 0.0596 e. The molecular formula is C10H17N3. The SMILES string of the molecule is Cc1cc2n(n1)CC(CCN)CC2. The van der Waals surface area contributed by atoms with Gasteiger partial charge in [-0.05, 0) is 44.7 Å². The molecule has 1 aliphatic rings. The molecule has 0 spiro atoms. The van der Waals surface area contributed by atoms with Gasteiger partial charge < -0.3 is 5.73 Å². The molecule has 0 fully saturated rings. The maximum Gasteiger partial charge on any atom is 0.0596 e. The first kappa shape index (κ1) is 8.75. The fourth-order valence-electron chi connectivity index (χ4n) is 2.12. The zero-order valence-electron chi connectivity index (χ0n) is 8.16. The molecule has 3 heteroatoms. The second kappa shape index (κ2) is 3.50. The highest BCUT2D eigenvalue weighted by Gasteiger charge is 2.18. The molecule has 1 unspecified atom stereocenters.